The molecule has 1 aromatic heterocycles. The predicted molar refractivity (Wildman–Crippen MR) is 89.0 cm³/mol. The summed E-state index contributed by atoms with van der Waals surface area (Å²) in [5.74, 6) is 0.988. The van der Waals surface area contributed by atoms with Gasteiger partial charge >= 0.3 is 0 Å². The van der Waals surface area contributed by atoms with E-state index >= 15 is 0 Å². The fourth-order valence-corrected chi connectivity index (χ4v) is 3.29. The van der Waals surface area contributed by atoms with Gasteiger partial charge in [-0.3, -0.25) is 9.40 Å². The van der Waals surface area contributed by atoms with Crippen LogP contribution >= 0.6 is 0 Å². The van der Waals surface area contributed by atoms with Crippen molar-refractivity contribution < 1.29 is 17.9 Å². The summed E-state index contributed by atoms with van der Waals surface area (Å²) in [6.07, 6.45) is 3.16. The highest BCUT2D eigenvalue weighted by molar-refractivity contribution is 7.92. The summed E-state index contributed by atoms with van der Waals surface area (Å²) in [5.41, 5.74) is 0.420. The number of likely N-dealkylation sites (N-methyl/N-ethyl adjacent to an activating group) is 1. The van der Waals surface area contributed by atoms with Gasteiger partial charge in [-0.05, 0) is 26.2 Å². The number of hydrogen-bond acceptors (Lipinski definition) is 6. The van der Waals surface area contributed by atoms with Crippen molar-refractivity contribution in [3.8, 4) is 11.5 Å². The Morgan fingerprint density at radius 3 is 2.75 bits per heavy atom. The largest absolute Gasteiger partial charge is 0.486 e. The van der Waals surface area contributed by atoms with Gasteiger partial charge in [-0.2, -0.15) is 5.10 Å². The molecule has 1 aliphatic rings. The molecule has 0 bridgehead atoms. The minimum absolute atomic E-state index is 0.118. The smallest absolute Gasteiger partial charge is 0.262 e. The molecule has 1 N–H and O–H groups in total. The molecule has 24 heavy (non-hydrogen) atoms. The van der Waals surface area contributed by atoms with Crippen molar-refractivity contribution in [2.75, 3.05) is 38.6 Å². The topological polar surface area (TPSA) is 85.7 Å². The molecule has 0 spiro atoms. The lowest BCUT2D eigenvalue weighted by Crippen LogP contribution is -2.18. The molecule has 0 unspecified atom stereocenters. The summed E-state index contributed by atoms with van der Waals surface area (Å²) in [4.78, 5) is 2.15. The molecule has 0 aliphatic carbocycles. The zero-order valence-electron chi connectivity index (χ0n) is 13.6. The summed E-state index contributed by atoms with van der Waals surface area (Å²) in [5, 5.41) is 4.15. The Balaban J connectivity index is 1.74. The quantitative estimate of drug-likeness (QED) is 0.835. The Hall–Kier alpha value is -2.26. The van der Waals surface area contributed by atoms with Gasteiger partial charge < -0.3 is 14.4 Å². The van der Waals surface area contributed by atoms with Crippen molar-refractivity contribution >= 4 is 15.7 Å². The number of rotatable bonds is 6. The second-order valence-electron chi connectivity index (χ2n) is 5.71. The van der Waals surface area contributed by atoms with E-state index in [0.717, 1.165) is 6.54 Å². The van der Waals surface area contributed by atoms with E-state index in [9.17, 15) is 8.42 Å². The Bertz CT molecular complexity index is 817. The molecule has 0 atom stereocenters. The van der Waals surface area contributed by atoms with Crippen LogP contribution in [0.5, 0.6) is 11.5 Å². The molecule has 0 amide bonds. The third-order valence-electron chi connectivity index (χ3n) is 3.49. The van der Waals surface area contributed by atoms with Gasteiger partial charge in [0.15, 0.2) is 11.5 Å². The van der Waals surface area contributed by atoms with Crippen molar-refractivity contribution in [2.45, 2.75) is 11.4 Å². The lowest BCUT2D eigenvalue weighted by molar-refractivity contribution is 0.171. The molecule has 8 nitrogen and oxygen atoms in total. The molecule has 3 rings (SSSR count). The van der Waals surface area contributed by atoms with Gasteiger partial charge in [0, 0.05) is 18.8 Å². The van der Waals surface area contributed by atoms with Gasteiger partial charge in [-0.15, -0.1) is 0 Å². The van der Waals surface area contributed by atoms with Crippen molar-refractivity contribution in [1.82, 2.24) is 14.7 Å². The molecule has 130 valence electrons. The molecule has 1 aromatic carbocycles. The van der Waals surface area contributed by atoms with Crippen LogP contribution in [0.3, 0.4) is 0 Å². The maximum Gasteiger partial charge on any atom is 0.262 e. The number of nitrogens with one attached hydrogen (secondary N) is 1. The maximum absolute atomic E-state index is 12.5. The van der Waals surface area contributed by atoms with E-state index in [1.807, 2.05) is 19.0 Å². The highest BCUT2D eigenvalue weighted by Gasteiger charge is 2.20. The molecule has 2 aromatic rings. The van der Waals surface area contributed by atoms with Crippen LogP contribution < -0.4 is 14.2 Å². The van der Waals surface area contributed by atoms with E-state index in [1.54, 1.807) is 16.9 Å². The second kappa shape index (κ2) is 6.70. The Labute approximate surface area is 141 Å². The first-order chi connectivity index (χ1) is 11.4. The van der Waals surface area contributed by atoms with Crippen LogP contribution in [0.25, 0.3) is 0 Å². The number of hydrogen-bond donors (Lipinski definition) is 1. The average molecular weight is 352 g/mol. The first-order valence-corrected chi connectivity index (χ1v) is 9.02. The van der Waals surface area contributed by atoms with E-state index < -0.39 is 10.0 Å². The van der Waals surface area contributed by atoms with Crippen LogP contribution in [0, 0.1) is 0 Å². The van der Waals surface area contributed by atoms with E-state index in [-0.39, 0.29) is 4.90 Å². The summed E-state index contributed by atoms with van der Waals surface area (Å²) in [7, 11) is 0.220. The zero-order chi connectivity index (χ0) is 17.2. The fraction of sp³-hybridized carbons (Fsp3) is 0.400. The lowest BCUT2D eigenvalue weighted by atomic mass is 10.3. The monoisotopic (exact) mass is 352 g/mol. The molecule has 1 aliphatic heterocycles. The number of aromatic nitrogens is 2. The molecule has 9 heteroatoms. The average Bonchev–Trinajstić information content (AvgIpc) is 2.99. The SMILES string of the molecule is CN(C)CCn1cc(NS(=O)(=O)c2ccc3c(c2)OCCO3)cn1. The van der Waals surface area contributed by atoms with Crippen LogP contribution in [0.15, 0.2) is 35.5 Å². The molecule has 0 saturated carbocycles. The number of anilines is 1. The normalized spacial score (nSPS) is 14.0. The summed E-state index contributed by atoms with van der Waals surface area (Å²) in [6.45, 7) is 2.36. The minimum Gasteiger partial charge on any atom is -0.486 e. The van der Waals surface area contributed by atoms with Crippen molar-refractivity contribution in [3.63, 3.8) is 0 Å². The lowest BCUT2D eigenvalue weighted by Gasteiger charge is -2.18. The highest BCUT2D eigenvalue weighted by atomic mass is 32.2. The van der Waals surface area contributed by atoms with Crippen molar-refractivity contribution in [1.29, 1.82) is 0 Å². The molecule has 0 saturated heterocycles. The minimum atomic E-state index is -3.71. The standard InChI is InChI=1S/C15H20N4O4S/c1-18(2)5-6-19-11-12(10-16-19)17-24(20,21)13-3-4-14-15(9-13)23-8-7-22-14/h3-4,9-11,17H,5-8H2,1-2H3. The number of benzene rings is 1. The Morgan fingerprint density at radius 2 is 2.00 bits per heavy atom. The van der Waals surface area contributed by atoms with Gasteiger partial charge in [0.25, 0.3) is 10.0 Å². The zero-order valence-corrected chi connectivity index (χ0v) is 14.4. The highest BCUT2D eigenvalue weighted by Crippen LogP contribution is 2.32. The summed E-state index contributed by atoms with van der Waals surface area (Å²) < 4.78 is 40.1. The van der Waals surface area contributed by atoms with Crippen LogP contribution in [-0.4, -0.2) is 57.0 Å². The molecule has 0 radical (unpaired) electrons. The van der Waals surface area contributed by atoms with E-state index in [2.05, 4.69) is 9.82 Å². The number of sulfonamides is 1. The van der Waals surface area contributed by atoms with Crippen molar-refractivity contribution in [3.05, 3.63) is 30.6 Å². The second-order valence-corrected chi connectivity index (χ2v) is 7.39. The Morgan fingerprint density at radius 1 is 1.25 bits per heavy atom. The predicted octanol–water partition coefficient (Wildman–Crippen LogP) is 1.02. The third-order valence-corrected chi connectivity index (χ3v) is 4.86. The van der Waals surface area contributed by atoms with E-state index in [1.165, 1.54) is 18.3 Å². The first-order valence-electron chi connectivity index (χ1n) is 7.54. The number of nitrogens with zero attached hydrogens (tertiary/aromatic N) is 3. The van der Waals surface area contributed by atoms with Gasteiger partial charge in [-0.1, -0.05) is 0 Å². The van der Waals surface area contributed by atoms with Gasteiger partial charge in [-0.25, -0.2) is 8.42 Å². The van der Waals surface area contributed by atoms with Crippen LogP contribution in [-0.2, 0) is 16.6 Å². The molecule has 2 heterocycles. The van der Waals surface area contributed by atoms with Crippen molar-refractivity contribution in [2.24, 2.45) is 0 Å². The van der Waals surface area contributed by atoms with Crippen LogP contribution in [0.2, 0.25) is 0 Å². The number of fused-ring (bicyclic) bond motifs is 1. The van der Waals surface area contributed by atoms with Crippen LogP contribution in [0.1, 0.15) is 0 Å². The van der Waals surface area contributed by atoms with E-state index in [0.29, 0.717) is 36.9 Å². The Kier molecular flexibility index (Phi) is 4.63. The summed E-state index contributed by atoms with van der Waals surface area (Å²) >= 11 is 0. The first kappa shape index (κ1) is 16.6. The number of ether oxygens (including phenoxy) is 2. The van der Waals surface area contributed by atoms with Gasteiger partial charge in [0.2, 0.25) is 0 Å². The summed E-state index contributed by atoms with van der Waals surface area (Å²) in [6, 6.07) is 4.56. The molecular formula is C15H20N4O4S. The van der Waals surface area contributed by atoms with Gasteiger partial charge in [0.1, 0.15) is 13.2 Å². The molecule has 0 fully saturated rings. The fourth-order valence-electron chi connectivity index (χ4n) is 2.25. The maximum atomic E-state index is 12.5. The third kappa shape index (κ3) is 3.80. The van der Waals surface area contributed by atoms with E-state index in [4.69, 9.17) is 9.47 Å². The van der Waals surface area contributed by atoms with Gasteiger partial charge in [0.05, 0.1) is 23.3 Å². The molecular weight excluding hydrogens is 332 g/mol. The van der Waals surface area contributed by atoms with Crippen LogP contribution in [0.4, 0.5) is 5.69 Å².